The van der Waals surface area contributed by atoms with Crippen LogP contribution in [-0.2, 0) is 22.3 Å². The summed E-state index contributed by atoms with van der Waals surface area (Å²) in [5.74, 6) is 0.611. The van der Waals surface area contributed by atoms with Crippen LogP contribution in [-0.4, -0.2) is 15.5 Å². The van der Waals surface area contributed by atoms with Crippen molar-refractivity contribution in [2.24, 2.45) is 0 Å². The van der Waals surface area contributed by atoms with Gasteiger partial charge in [-0.2, -0.15) is 11.3 Å². The van der Waals surface area contributed by atoms with Gasteiger partial charge in [-0.25, -0.2) is 13.1 Å². The molecule has 1 N–H and O–H groups in total. The van der Waals surface area contributed by atoms with Crippen LogP contribution in [0, 0.1) is 0 Å². The van der Waals surface area contributed by atoms with Crippen molar-refractivity contribution in [1.29, 1.82) is 0 Å². The van der Waals surface area contributed by atoms with E-state index in [9.17, 15) is 8.42 Å². The van der Waals surface area contributed by atoms with Gasteiger partial charge < -0.3 is 4.74 Å². The first-order valence-electron chi connectivity index (χ1n) is 5.70. The van der Waals surface area contributed by atoms with Gasteiger partial charge in [0.1, 0.15) is 5.75 Å². The Balaban J connectivity index is 2.00. The van der Waals surface area contributed by atoms with Crippen LogP contribution in [0.5, 0.6) is 5.75 Å². The highest BCUT2D eigenvalue weighted by molar-refractivity contribution is 7.88. The first-order valence-corrected chi connectivity index (χ1v) is 8.30. The van der Waals surface area contributed by atoms with Crippen LogP contribution < -0.4 is 9.46 Å². The average Bonchev–Trinajstić information content (AvgIpc) is 2.89. The lowest BCUT2D eigenvalue weighted by Crippen LogP contribution is -2.24. The van der Waals surface area contributed by atoms with E-state index in [4.69, 9.17) is 4.74 Å². The fourth-order valence-electron chi connectivity index (χ4n) is 1.62. The summed E-state index contributed by atoms with van der Waals surface area (Å²) in [6, 6.07) is 8.96. The van der Waals surface area contributed by atoms with Gasteiger partial charge in [0.25, 0.3) is 0 Å². The number of thiophene rings is 1. The lowest BCUT2D eigenvalue weighted by atomic mass is 10.2. The standard InChI is InChI=1S/C13H15NO3S2/c1-17-13-4-2-3-11(7-13)10-19(15,16)14-8-12-5-6-18-9-12/h2-7,9,14H,8,10H2,1H3. The SMILES string of the molecule is COc1cccc(CS(=O)(=O)NCc2ccsc2)c1. The smallest absolute Gasteiger partial charge is 0.216 e. The molecule has 2 rings (SSSR count). The van der Waals surface area contributed by atoms with Crippen molar-refractivity contribution in [3.8, 4) is 5.75 Å². The zero-order chi connectivity index (χ0) is 13.7. The van der Waals surface area contributed by atoms with E-state index in [1.807, 2.05) is 16.8 Å². The first-order chi connectivity index (χ1) is 9.09. The van der Waals surface area contributed by atoms with E-state index >= 15 is 0 Å². The largest absolute Gasteiger partial charge is 0.497 e. The van der Waals surface area contributed by atoms with E-state index < -0.39 is 10.0 Å². The zero-order valence-electron chi connectivity index (χ0n) is 10.5. The van der Waals surface area contributed by atoms with Crippen molar-refractivity contribution in [3.63, 3.8) is 0 Å². The third-order valence-electron chi connectivity index (χ3n) is 2.57. The Morgan fingerprint density at radius 3 is 2.79 bits per heavy atom. The van der Waals surface area contributed by atoms with Gasteiger partial charge in [0.05, 0.1) is 12.9 Å². The molecule has 1 aromatic heterocycles. The van der Waals surface area contributed by atoms with Gasteiger partial charge in [-0.05, 0) is 40.1 Å². The third-order valence-corrected chi connectivity index (χ3v) is 4.60. The number of benzene rings is 1. The van der Waals surface area contributed by atoms with Gasteiger partial charge in [0, 0.05) is 6.54 Å². The number of hydrogen-bond donors (Lipinski definition) is 1. The summed E-state index contributed by atoms with van der Waals surface area (Å²) in [6.07, 6.45) is 0. The van der Waals surface area contributed by atoms with E-state index in [0.29, 0.717) is 17.9 Å². The quantitative estimate of drug-likeness (QED) is 0.890. The molecule has 6 heteroatoms. The monoisotopic (exact) mass is 297 g/mol. The summed E-state index contributed by atoms with van der Waals surface area (Å²) in [7, 11) is -1.78. The summed E-state index contributed by atoms with van der Waals surface area (Å²) >= 11 is 1.55. The highest BCUT2D eigenvalue weighted by Crippen LogP contribution is 2.15. The number of sulfonamides is 1. The molecule has 1 heterocycles. The number of ether oxygens (including phenoxy) is 1. The van der Waals surface area contributed by atoms with Crippen LogP contribution in [0.15, 0.2) is 41.1 Å². The molecular weight excluding hydrogens is 282 g/mol. The Labute approximate surface area is 117 Å². The zero-order valence-corrected chi connectivity index (χ0v) is 12.1. The number of methoxy groups -OCH3 is 1. The van der Waals surface area contributed by atoms with E-state index in [1.54, 1.807) is 42.7 Å². The van der Waals surface area contributed by atoms with Gasteiger partial charge in [-0.15, -0.1) is 0 Å². The van der Waals surface area contributed by atoms with Crippen LogP contribution >= 0.6 is 11.3 Å². The lowest BCUT2D eigenvalue weighted by molar-refractivity contribution is 0.414. The summed E-state index contributed by atoms with van der Waals surface area (Å²) in [5.41, 5.74) is 1.68. The Morgan fingerprint density at radius 1 is 1.26 bits per heavy atom. The molecule has 0 saturated heterocycles. The van der Waals surface area contributed by atoms with Gasteiger partial charge in [-0.3, -0.25) is 0 Å². The predicted molar refractivity (Wildman–Crippen MR) is 76.8 cm³/mol. The molecule has 0 fully saturated rings. The van der Waals surface area contributed by atoms with Crippen LogP contribution in [0.3, 0.4) is 0 Å². The molecule has 0 aliphatic heterocycles. The molecule has 0 unspecified atom stereocenters. The predicted octanol–water partition coefficient (Wildman–Crippen LogP) is 2.38. The Bertz CT molecular complexity index is 621. The van der Waals surface area contributed by atoms with Crippen LogP contribution in [0.1, 0.15) is 11.1 Å². The van der Waals surface area contributed by atoms with Crippen LogP contribution in [0.25, 0.3) is 0 Å². The van der Waals surface area contributed by atoms with Crippen LogP contribution in [0.4, 0.5) is 0 Å². The first kappa shape index (κ1) is 14.0. The Morgan fingerprint density at radius 2 is 2.11 bits per heavy atom. The molecule has 0 aliphatic rings. The maximum absolute atomic E-state index is 11.9. The van der Waals surface area contributed by atoms with Gasteiger partial charge in [0.2, 0.25) is 10.0 Å². The van der Waals surface area contributed by atoms with Gasteiger partial charge >= 0.3 is 0 Å². The maximum atomic E-state index is 11.9. The topological polar surface area (TPSA) is 55.4 Å². The summed E-state index contributed by atoms with van der Waals surface area (Å²) < 4.78 is 31.6. The van der Waals surface area contributed by atoms with Crippen molar-refractivity contribution < 1.29 is 13.2 Å². The highest BCUT2D eigenvalue weighted by atomic mass is 32.2. The number of nitrogens with one attached hydrogen (secondary N) is 1. The molecule has 2 aromatic rings. The number of rotatable bonds is 6. The van der Waals surface area contributed by atoms with Crippen molar-refractivity contribution in [3.05, 3.63) is 52.2 Å². The minimum absolute atomic E-state index is 0.0473. The Kier molecular flexibility index (Phi) is 4.57. The summed E-state index contributed by atoms with van der Waals surface area (Å²) in [5, 5.41) is 3.85. The van der Waals surface area contributed by atoms with E-state index in [-0.39, 0.29) is 5.75 Å². The maximum Gasteiger partial charge on any atom is 0.216 e. The van der Waals surface area contributed by atoms with E-state index in [1.165, 1.54) is 0 Å². The number of hydrogen-bond acceptors (Lipinski definition) is 4. The molecular formula is C13H15NO3S2. The molecule has 1 aromatic carbocycles. The molecule has 0 amide bonds. The highest BCUT2D eigenvalue weighted by Gasteiger charge is 2.11. The lowest BCUT2D eigenvalue weighted by Gasteiger charge is -2.07. The van der Waals surface area contributed by atoms with Crippen molar-refractivity contribution in [2.75, 3.05) is 7.11 Å². The van der Waals surface area contributed by atoms with Gasteiger partial charge in [-0.1, -0.05) is 12.1 Å². The summed E-state index contributed by atoms with van der Waals surface area (Å²) in [6.45, 7) is 0.329. The molecule has 102 valence electrons. The van der Waals surface area contributed by atoms with Crippen molar-refractivity contribution in [1.82, 2.24) is 4.72 Å². The van der Waals surface area contributed by atoms with Crippen LogP contribution in [0.2, 0.25) is 0 Å². The molecule has 0 spiro atoms. The molecule has 0 bridgehead atoms. The van der Waals surface area contributed by atoms with Gasteiger partial charge in [0.15, 0.2) is 0 Å². The molecule has 19 heavy (non-hydrogen) atoms. The normalized spacial score (nSPS) is 11.4. The van der Waals surface area contributed by atoms with Crippen molar-refractivity contribution >= 4 is 21.4 Å². The molecule has 0 atom stereocenters. The molecule has 0 aliphatic carbocycles. The van der Waals surface area contributed by atoms with E-state index in [0.717, 1.165) is 5.56 Å². The fourth-order valence-corrected chi connectivity index (χ4v) is 3.39. The van der Waals surface area contributed by atoms with E-state index in [2.05, 4.69) is 4.72 Å². The minimum atomic E-state index is -3.34. The molecule has 0 saturated carbocycles. The second-order valence-corrected chi connectivity index (χ2v) is 6.65. The summed E-state index contributed by atoms with van der Waals surface area (Å²) in [4.78, 5) is 0. The Hall–Kier alpha value is -1.37. The second kappa shape index (κ2) is 6.18. The minimum Gasteiger partial charge on any atom is -0.497 e. The fraction of sp³-hybridized carbons (Fsp3) is 0.231. The average molecular weight is 297 g/mol. The molecule has 0 radical (unpaired) electrons. The molecule has 4 nitrogen and oxygen atoms in total. The third kappa shape index (κ3) is 4.34. The van der Waals surface area contributed by atoms with Crippen molar-refractivity contribution in [2.45, 2.75) is 12.3 Å². The second-order valence-electron chi connectivity index (χ2n) is 4.06.